The van der Waals surface area contributed by atoms with Gasteiger partial charge < -0.3 is 0 Å². The first-order valence-corrected chi connectivity index (χ1v) is 8.24. The van der Waals surface area contributed by atoms with Gasteiger partial charge in [-0.2, -0.15) is 0 Å². The van der Waals surface area contributed by atoms with Crippen molar-refractivity contribution in [3.8, 4) is 0 Å². The number of Topliss-reactive ketones (excluding diaryl/α,β-unsaturated/α-hetero) is 1. The van der Waals surface area contributed by atoms with Gasteiger partial charge in [-0.15, -0.1) is 10.2 Å². The first-order valence-electron chi connectivity index (χ1n) is 6.43. The summed E-state index contributed by atoms with van der Waals surface area (Å²) in [6, 6.07) is 2.09. The quantitative estimate of drug-likeness (QED) is 0.631. The Labute approximate surface area is 127 Å². The predicted molar refractivity (Wildman–Crippen MR) is 85.1 cm³/mol. The van der Waals surface area contributed by atoms with Gasteiger partial charge in [-0.1, -0.05) is 29.2 Å². The lowest BCUT2D eigenvalue weighted by Gasteiger charge is -2.13. The second kappa shape index (κ2) is 6.06. The summed E-state index contributed by atoms with van der Waals surface area (Å²) in [6.45, 7) is 10.1. The zero-order valence-corrected chi connectivity index (χ0v) is 14.0. The minimum absolute atomic E-state index is 0.168. The van der Waals surface area contributed by atoms with E-state index in [4.69, 9.17) is 0 Å². The average molecular weight is 306 g/mol. The van der Waals surface area contributed by atoms with E-state index in [1.54, 1.807) is 0 Å². The van der Waals surface area contributed by atoms with Gasteiger partial charge in [-0.05, 0) is 56.9 Å². The van der Waals surface area contributed by atoms with Crippen LogP contribution in [-0.2, 0) is 0 Å². The number of ketones is 1. The number of carbonyl (C=O) groups is 1. The Hall–Kier alpha value is -1.20. The Kier molecular flexibility index (Phi) is 4.60. The monoisotopic (exact) mass is 306 g/mol. The summed E-state index contributed by atoms with van der Waals surface area (Å²) in [5.74, 6) is 0.583. The highest BCUT2D eigenvalue weighted by molar-refractivity contribution is 8.01. The molecule has 0 saturated heterocycles. The molecule has 0 bridgehead atoms. The van der Waals surface area contributed by atoms with Crippen LogP contribution in [0, 0.1) is 34.6 Å². The molecule has 0 aliphatic carbocycles. The van der Waals surface area contributed by atoms with Crippen molar-refractivity contribution >= 4 is 28.9 Å². The second-order valence-electron chi connectivity index (χ2n) is 4.93. The maximum atomic E-state index is 12.5. The number of aryl methyl sites for hydroxylation is 3. The maximum absolute atomic E-state index is 12.5. The molecule has 2 aromatic rings. The molecule has 106 valence electrons. The summed E-state index contributed by atoms with van der Waals surface area (Å²) < 4.78 is 0.856. The first-order chi connectivity index (χ1) is 9.40. The van der Waals surface area contributed by atoms with Crippen LogP contribution in [0.2, 0.25) is 0 Å². The van der Waals surface area contributed by atoms with Crippen molar-refractivity contribution in [1.82, 2.24) is 10.2 Å². The van der Waals surface area contributed by atoms with E-state index in [0.29, 0.717) is 5.75 Å². The molecule has 5 heteroatoms. The van der Waals surface area contributed by atoms with Crippen LogP contribution in [0.5, 0.6) is 0 Å². The van der Waals surface area contributed by atoms with Gasteiger partial charge in [0.05, 0.1) is 5.75 Å². The molecule has 0 N–H and O–H groups in total. The molecule has 0 spiro atoms. The second-order valence-corrected chi connectivity index (χ2v) is 7.34. The molecule has 0 radical (unpaired) electrons. The normalized spacial score (nSPS) is 10.8. The van der Waals surface area contributed by atoms with Gasteiger partial charge in [0.25, 0.3) is 0 Å². The molecule has 2 rings (SSSR count). The van der Waals surface area contributed by atoms with E-state index in [0.717, 1.165) is 26.0 Å². The molecule has 0 aliphatic heterocycles. The van der Waals surface area contributed by atoms with E-state index in [2.05, 4.69) is 30.1 Å². The number of nitrogens with zero attached hydrogens (tertiary/aromatic N) is 2. The largest absolute Gasteiger partial charge is 0.293 e. The lowest BCUT2D eigenvalue weighted by Crippen LogP contribution is -2.09. The van der Waals surface area contributed by atoms with Crippen molar-refractivity contribution in [2.24, 2.45) is 0 Å². The molecule has 0 saturated carbocycles. The van der Waals surface area contributed by atoms with E-state index >= 15 is 0 Å². The topological polar surface area (TPSA) is 42.9 Å². The van der Waals surface area contributed by atoms with Gasteiger partial charge in [-0.3, -0.25) is 4.79 Å². The zero-order chi connectivity index (χ0) is 14.9. The molecule has 0 aliphatic rings. The average Bonchev–Trinajstić information content (AvgIpc) is 2.79. The van der Waals surface area contributed by atoms with Crippen LogP contribution < -0.4 is 0 Å². The van der Waals surface area contributed by atoms with E-state index in [9.17, 15) is 4.79 Å². The number of hydrogen-bond donors (Lipinski definition) is 0. The molecule has 0 unspecified atom stereocenters. The van der Waals surface area contributed by atoms with Crippen LogP contribution in [-0.4, -0.2) is 21.7 Å². The lowest BCUT2D eigenvalue weighted by atomic mass is 9.92. The van der Waals surface area contributed by atoms with Crippen LogP contribution >= 0.6 is 23.1 Å². The molecular weight excluding hydrogens is 288 g/mol. The zero-order valence-electron chi connectivity index (χ0n) is 12.4. The summed E-state index contributed by atoms with van der Waals surface area (Å²) >= 11 is 2.99. The van der Waals surface area contributed by atoms with E-state index in [1.165, 1.54) is 34.2 Å². The fourth-order valence-corrected chi connectivity index (χ4v) is 3.94. The van der Waals surface area contributed by atoms with Crippen molar-refractivity contribution in [2.45, 2.75) is 39.0 Å². The van der Waals surface area contributed by atoms with Crippen molar-refractivity contribution in [3.05, 3.63) is 38.9 Å². The van der Waals surface area contributed by atoms with Crippen molar-refractivity contribution in [2.75, 3.05) is 5.75 Å². The molecular formula is C15H18N2OS2. The summed E-state index contributed by atoms with van der Waals surface area (Å²) in [7, 11) is 0. The number of aromatic nitrogens is 2. The summed E-state index contributed by atoms with van der Waals surface area (Å²) in [5.41, 5.74) is 5.47. The SMILES string of the molecule is Cc1nnc(SCC(=O)c2c(C)cc(C)c(C)c2C)s1. The molecule has 0 fully saturated rings. The van der Waals surface area contributed by atoms with Crippen molar-refractivity contribution < 1.29 is 4.79 Å². The third-order valence-corrected chi connectivity index (χ3v) is 5.44. The first kappa shape index (κ1) is 15.2. The van der Waals surface area contributed by atoms with Gasteiger partial charge in [0.2, 0.25) is 0 Å². The number of thioether (sulfide) groups is 1. The van der Waals surface area contributed by atoms with Gasteiger partial charge >= 0.3 is 0 Å². The highest BCUT2D eigenvalue weighted by Gasteiger charge is 2.16. The number of hydrogen-bond acceptors (Lipinski definition) is 5. The standard InChI is InChI=1S/C15H18N2OS2/c1-8-6-9(2)14(11(4)10(8)3)13(18)7-19-15-17-16-12(5)20-15/h6H,7H2,1-5H3. The van der Waals surface area contributed by atoms with Gasteiger partial charge in [0, 0.05) is 5.56 Å². The minimum Gasteiger partial charge on any atom is -0.293 e. The Balaban J connectivity index is 2.19. The molecule has 0 amide bonds. The van der Waals surface area contributed by atoms with Crippen molar-refractivity contribution in [1.29, 1.82) is 0 Å². The fraction of sp³-hybridized carbons (Fsp3) is 0.400. The van der Waals surface area contributed by atoms with E-state index < -0.39 is 0 Å². The smallest absolute Gasteiger partial charge is 0.174 e. The molecule has 0 atom stereocenters. The molecule has 3 nitrogen and oxygen atoms in total. The highest BCUT2D eigenvalue weighted by atomic mass is 32.2. The number of benzene rings is 1. The fourth-order valence-electron chi connectivity index (χ4n) is 2.25. The van der Waals surface area contributed by atoms with Gasteiger partial charge in [-0.25, -0.2) is 0 Å². The third kappa shape index (κ3) is 3.10. The minimum atomic E-state index is 0.168. The van der Waals surface area contributed by atoms with Crippen molar-refractivity contribution in [3.63, 3.8) is 0 Å². The molecule has 1 aromatic carbocycles. The maximum Gasteiger partial charge on any atom is 0.174 e. The summed E-state index contributed by atoms with van der Waals surface area (Å²) in [6.07, 6.45) is 0. The Morgan fingerprint density at radius 1 is 1.10 bits per heavy atom. The van der Waals surface area contributed by atoms with Crippen LogP contribution in [0.3, 0.4) is 0 Å². The molecule has 20 heavy (non-hydrogen) atoms. The van der Waals surface area contributed by atoms with Crippen LogP contribution in [0.1, 0.15) is 37.6 Å². The Bertz CT molecular complexity index is 662. The van der Waals surface area contributed by atoms with Crippen LogP contribution in [0.25, 0.3) is 0 Å². The Morgan fingerprint density at radius 2 is 1.80 bits per heavy atom. The summed E-state index contributed by atoms with van der Waals surface area (Å²) in [4.78, 5) is 12.5. The van der Waals surface area contributed by atoms with Gasteiger partial charge in [0.15, 0.2) is 10.1 Å². The number of rotatable bonds is 4. The Morgan fingerprint density at radius 3 is 2.40 bits per heavy atom. The van der Waals surface area contributed by atoms with E-state index in [-0.39, 0.29) is 5.78 Å². The lowest BCUT2D eigenvalue weighted by molar-refractivity contribution is 0.102. The number of carbonyl (C=O) groups excluding carboxylic acids is 1. The summed E-state index contributed by atoms with van der Waals surface area (Å²) in [5, 5.41) is 8.93. The molecule has 1 aromatic heterocycles. The van der Waals surface area contributed by atoms with Crippen LogP contribution in [0.4, 0.5) is 0 Å². The molecule has 1 heterocycles. The third-order valence-electron chi connectivity index (χ3n) is 3.47. The predicted octanol–water partition coefficient (Wildman–Crippen LogP) is 4.06. The highest BCUT2D eigenvalue weighted by Crippen LogP contribution is 2.26. The van der Waals surface area contributed by atoms with E-state index in [1.807, 2.05) is 20.8 Å². The van der Waals surface area contributed by atoms with Crippen LogP contribution in [0.15, 0.2) is 10.4 Å². The van der Waals surface area contributed by atoms with Gasteiger partial charge in [0.1, 0.15) is 5.01 Å².